The summed E-state index contributed by atoms with van der Waals surface area (Å²) in [5.41, 5.74) is 5.81. The second-order valence-corrected chi connectivity index (χ2v) is 20.2. The number of aromatic nitrogens is 2. The van der Waals surface area contributed by atoms with Gasteiger partial charge in [0.25, 0.3) is 0 Å². The van der Waals surface area contributed by atoms with E-state index in [2.05, 4.69) is 89.8 Å². The fourth-order valence-electron chi connectivity index (χ4n) is 4.78. The number of hydrogen-bond donors (Lipinski definition) is 0. The van der Waals surface area contributed by atoms with E-state index in [0.29, 0.717) is 5.71 Å². The summed E-state index contributed by atoms with van der Waals surface area (Å²) in [6.07, 6.45) is 1.78. The number of pyridine rings is 2. The fourth-order valence-corrected chi connectivity index (χ4v) is 8.10. The average molecular weight is 477 g/mol. The van der Waals surface area contributed by atoms with Crippen molar-refractivity contribution in [3.05, 3.63) is 78.5 Å². The molecular formula is C28H24GeN2O. The molecule has 0 amide bonds. The van der Waals surface area contributed by atoms with Gasteiger partial charge >= 0.3 is 190 Å². The number of rotatable bonds is 2. The van der Waals surface area contributed by atoms with Crippen molar-refractivity contribution in [2.45, 2.75) is 24.2 Å². The molecule has 0 radical (unpaired) electrons. The summed E-state index contributed by atoms with van der Waals surface area (Å²) in [5.74, 6) is 7.37. The fraction of sp³-hybridized carbons (Fsp3) is 0.143. The van der Waals surface area contributed by atoms with E-state index in [4.69, 9.17) is 9.40 Å². The minimum absolute atomic E-state index is 0.676. The van der Waals surface area contributed by atoms with E-state index in [1.165, 1.54) is 26.1 Å². The van der Waals surface area contributed by atoms with Gasteiger partial charge in [0.1, 0.15) is 0 Å². The summed E-state index contributed by atoms with van der Waals surface area (Å²) in [5, 5.41) is 6.02. The van der Waals surface area contributed by atoms with Gasteiger partial charge < -0.3 is 0 Å². The van der Waals surface area contributed by atoms with Crippen LogP contribution in [-0.2, 0) is 0 Å². The molecule has 3 nitrogen and oxygen atoms in total. The molecule has 0 saturated heterocycles. The molecule has 0 aliphatic rings. The van der Waals surface area contributed by atoms with Gasteiger partial charge in [0.05, 0.1) is 0 Å². The summed E-state index contributed by atoms with van der Waals surface area (Å²) in [6, 6.07) is 23.8. The van der Waals surface area contributed by atoms with Crippen LogP contribution in [0.4, 0.5) is 0 Å². The van der Waals surface area contributed by atoms with Crippen molar-refractivity contribution in [2.75, 3.05) is 0 Å². The van der Waals surface area contributed by atoms with Crippen LogP contribution in [0.2, 0.25) is 17.3 Å². The van der Waals surface area contributed by atoms with E-state index in [9.17, 15) is 0 Å². The molecule has 6 aromatic rings. The second kappa shape index (κ2) is 6.91. The number of furan rings is 1. The van der Waals surface area contributed by atoms with Gasteiger partial charge in [-0.3, -0.25) is 0 Å². The molecule has 3 heterocycles. The summed E-state index contributed by atoms with van der Waals surface area (Å²) >= 11 is -2.25. The van der Waals surface area contributed by atoms with E-state index in [1.54, 1.807) is 6.20 Å². The van der Waals surface area contributed by atoms with E-state index in [0.717, 1.165) is 33.1 Å². The number of nitrogens with zero attached hydrogens (tertiary/aromatic N) is 2. The maximum absolute atomic E-state index is 6.26. The Kier molecular flexibility index (Phi) is 4.21. The van der Waals surface area contributed by atoms with E-state index in [-0.39, 0.29) is 0 Å². The van der Waals surface area contributed by atoms with Gasteiger partial charge in [-0.15, -0.1) is 0 Å². The molecule has 0 N–H and O–H groups in total. The number of fused-ring (bicyclic) bond motifs is 6. The molecule has 0 bridgehead atoms. The third-order valence-corrected chi connectivity index (χ3v) is 10.5. The standard InChI is InChI=1S/C28H24GeN2O/c1-17-14-21-20-10-7-13-30-28(20)32-27(21)22(15-17)25-16-23(29(2,3)4)26-19-9-6-5-8-18(19)11-12-24(26)31-25/h5-16H,1-4H3. The second-order valence-electron chi connectivity index (χ2n) is 9.63. The van der Waals surface area contributed by atoms with Crippen LogP contribution in [-0.4, -0.2) is 23.2 Å². The minimum atomic E-state index is -2.25. The molecule has 6 rings (SSSR count). The zero-order chi connectivity index (χ0) is 22.0. The van der Waals surface area contributed by atoms with E-state index in [1.807, 2.05) is 6.07 Å². The van der Waals surface area contributed by atoms with Crippen molar-refractivity contribution in [1.29, 1.82) is 0 Å². The number of aryl methyl sites for hydroxylation is 1. The molecule has 0 saturated carbocycles. The molecular weight excluding hydrogens is 453 g/mol. The first-order valence-electron chi connectivity index (χ1n) is 11.0. The van der Waals surface area contributed by atoms with Crippen molar-refractivity contribution in [3.63, 3.8) is 0 Å². The average Bonchev–Trinajstić information content (AvgIpc) is 3.15. The summed E-state index contributed by atoms with van der Waals surface area (Å²) in [6.45, 7) is 2.13. The molecule has 32 heavy (non-hydrogen) atoms. The van der Waals surface area contributed by atoms with Gasteiger partial charge in [0.2, 0.25) is 0 Å². The van der Waals surface area contributed by atoms with Gasteiger partial charge in [-0.2, -0.15) is 0 Å². The Morgan fingerprint density at radius 3 is 2.47 bits per heavy atom. The molecule has 0 unspecified atom stereocenters. The van der Waals surface area contributed by atoms with Crippen LogP contribution in [0.3, 0.4) is 0 Å². The van der Waals surface area contributed by atoms with E-state index >= 15 is 0 Å². The normalized spacial score (nSPS) is 12.4. The van der Waals surface area contributed by atoms with Crippen molar-refractivity contribution in [2.24, 2.45) is 0 Å². The van der Waals surface area contributed by atoms with Gasteiger partial charge in [-0.05, 0) is 0 Å². The predicted octanol–water partition coefficient (Wildman–Crippen LogP) is 7.20. The third kappa shape index (κ3) is 2.95. The van der Waals surface area contributed by atoms with Gasteiger partial charge in [0, 0.05) is 0 Å². The van der Waals surface area contributed by atoms with Crippen LogP contribution in [0.15, 0.2) is 77.3 Å². The molecule has 156 valence electrons. The topological polar surface area (TPSA) is 38.9 Å². The van der Waals surface area contributed by atoms with Crippen LogP contribution in [0.5, 0.6) is 0 Å². The summed E-state index contributed by atoms with van der Waals surface area (Å²) in [4.78, 5) is 9.63. The Labute approximate surface area is 189 Å². The van der Waals surface area contributed by atoms with Gasteiger partial charge in [-0.1, -0.05) is 0 Å². The van der Waals surface area contributed by atoms with Crippen LogP contribution in [0, 0.1) is 6.92 Å². The summed E-state index contributed by atoms with van der Waals surface area (Å²) in [7, 11) is 0. The van der Waals surface area contributed by atoms with Crippen LogP contribution < -0.4 is 4.40 Å². The molecule has 0 aliphatic carbocycles. The number of benzene rings is 3. The van der Waals surface area contributed by atoms with Crippen molar-refractivity contribution < 1.29 is 4.42 Å². The zero-order valence-corrected chi connectivity index (χ0v) is 20.8. The van der Waals surface area contributed by atoms with Crippen LogP contribution in [0.1, 0.15) is 5.56 Å². The van der Waals surface area contributed by atoms with Crippen molar-refractivity contribution >= 4 is 61.4 Å². The molecule has 4 heteroatoms. The first-order chi connectivity index (χ1) is 15.4. The van der Waals surface area contributed by atoms with Gasteiger partial charge in [-0.25, -0.2) is 0 Å². The first kappa shape index (κ1) is 19.5. The SMILES string of the molecule is Cc1cc(-c2c[c]([Ge]([CH3])([CH3])[CH3])c3c(ccc4ccccc43)n2)c2oc3ncccc3c2c1. The Balaban J connectivity index is 1.74. The zero-order valence-electron chi connectivity index (χ0n) is 18.7. The Hall–Kier alpha value is -3.18. The van der Waals surface area contributed by atoms with Crippen molar-refractivity contribution in [1.82, 2.24) is 9.97 Å². The Morgan fingerprint density at radius 1 is 0.812 bits per heavy atom. The molecule has 0 aliphatic heterocycles. The van der Waals surface area contributed by atoms with Crippen LogP contribution >= 0.6 is 0 Å². The number of hydrogen-bond acceptors (Lipinski definition) is 3. The van der Waals surface area contributed by atoms with Crippen molar-refractivity contribution in [3.8, 4) is 11.3 Å². The Morgan fingerprint density at radius 2 is 1.62 bits per heavy atom. The van der Waals surface area contributed by atoms with E-state index < -0.39 is 13.3 Å². The molecule has 3 aromatic carbocycles. The molecule has 0 atom stereocenters. The van der Waals surface area contributed by atoms with Crippen LogP contribution in [0.25, 0.3) is 55.0 Å². The van der Waals surface area contributed by atoms with Gasteiger partial charge in [0.15, 0.2) is 0 Å². The first-order valence-corrected chi connectivity index (χ1v) is 18.4. The quantitative estimate of drug-likeness (QED) is 0.196. The molecule has 0 fully saturated rings. The molecule has 3 aromatic heterocycles. The monoisotopic (exact) mass is 478 g/mol. The Bertz CT molecular complexity index is 1670. The molecule has 0 spiro atoms. The summed E-state index contributed by atoms with van der Waals surface area (Å²) < 4.78 is 7.74. The third-order valence-electron chi connectivity index (χ3n) is 6.28. The predicted molar refractivity (Wildman–Crippen MR) is 137 cm³/mol. The maximum atomic E-state index is 6.26.